The van der Waals surface area contributed by atoms with Gasteiger partial charge in [0.2, 0.25) is 6.29 Å². The second-order valence-corrected chi connectivity index (χ2v) is 9.39. The van der Waals surface area contributed by atoms with Crippen molar-refractivity contribution in [3.8, 4) is 0 Å². The van der Waals surface area contributed by atoms with Crippen molar-refractivity contribution in [2.24, 2.45) is 5.73 Å². The molecular formula is C26H47F2NO6. The monoisotopic (exact) mass is 507 g/mol. The molecule has 0 amide bonds. The van der Waals surface area contributed by atoms with Gasteiger partial charge in [0.25, 0.3) is 6.43 Å². The van der Waals surface area contributed by atoms with Crippen molar-refractivity contribution in [3.63, 3.8) is 0 Å². The number of hydrogen-bond donors (Lipinski definition) is 2. The fourth-order valence-electron chi connectivity index (χ4n) is 3.80. The molecule has 2 unspecified atom stereocenters. The summed E-state index contributed by atoms with van der Waals surface area (Å²) in [6.45, 7) is 3.67. The van der Waals surface area contributed by atoms with Gasteiger partial charge in [-0.3, -0.25) is 9.59 Å². The summed E-state index contributed by atoms with van der Waals surface area (Å²) in [4.78, 5) is 34.6. The molecule has 0 spiro atoms. The molecule has 0 bridgehead atoms. The van der Waals surface area contributed by atoms with Gasteiger partial charge < -0.3 is 20.3 Å². The van der Waals surface area contributed by atoms with Gasteiger partial charge >= 0.3 is 17.9 Å². The zero-order chi connectivity index (χ0) is 26.5. The van der Waals surface area contributed by atoms with Crippen molar-refractivity contribution in [1.82, 2.24) is 0 Å². The topological polar surface area (TPSA) is 116 Å². The Morgan fingerprint density at radius 3 is 1.49 bits per heavy atom. The van der Waals surface area contributed by atoms with Gasteiger partial charge in [-0.05, 0) is 19.3 Å². The van der Waals surface area contributed by atoms with Gasteiger partial charge in [0.1, 0.15) is 0 Å². The van der Waals surface area contributed by atoms with Crippen LogP contribution >= 0.6 is 0 Å². The third kappa shape index (κ3) is 17.3. The number of halogens is 2. The van der Waals surface area contributed by atoms with Gasteiger partial charge in [-0.15, -0.1) is 0 Å². The van der Waals surface area contributed by atoms with Gasteiger partial charge in [0.15, 0.2) is 5.54 Å². The highest BCUT2D eigenvalue weighted by Crippen LogP contribution is 2.21. The van der Waals surface area contributed by atoms with E-state index in [0.29, 0.717) is 0 Å². The van der Waals surface area contributed by atoms with E-state index in [2.05, 4.69) is 6.92 Å². The number of aliphatic carboxylic acids is 1. The number of carboxylic acids is 1. The molecule has 0 aromatic carbocycles. The Morgan fingerprint density at radius 2 is 1.11 bits per heavy atom. The molecule has 2 atom stereocenters. The van der Waals surface area contributed by atoms with Gasteiger partial charge in [-0.1, -0.05) is 90.4 Å². The summed E-state index contributed by atoms with van der Waals surface area (Å²) in [6, 6.07) is 0. The summed E-state index contributed by atoms with van der Waals surface area (Å²) in [5.41, 5.74) is 2.60. The molecule has 0 saturated carbocycles. The maximum atomic E-state index is 12.8. The maximum absolute atomic E-state index is 12.8. The highest BCUT2D eigenvalue weighted by Gasteiger charge is 2.43. The SMILES string of the molecule is CCCCCCCCCCCCCCCC(=O)OC(C)OC(=O)CCCCC(N)(C(=O)O)C(F)F. The fourth-order valence-corrected chi connectivity index (χ4v) is 3.80. The van der Waals surface area contributed by atoms with Crippen LogP contribution in [0.3, 0.4) is 0 Å². The van der Waals surface area contributed by atoms with E-state index in [1.54, 1.807) is 0 Å². The molecule has 206 valence electrons. The molecule has 0 saturated heterocycles. The van der Waals surface area contributed by atoms with E-state index < -0.39 is 42.6 Å². The summed E-state index contributed by atoms with van der Waals surface area (Å²) in [6.07, 6.45) is 11.4. The maximum Gasteiger partial charge on any atom is 0.329 e. The molecule has 0 fully saturated rings. The molecule has 0 aliphatic rings. The van der Waals surface area contributed by atoms with Crippen LogP contribution in [0.25, 0.3) is 0 Å². The number of carbonyl (C=O) groups excluding carboxylic acids is 2. The molecule has 0 heterocycles. The van der Waals surface area contributed by atoms with E-state index in [-0.39, 0.29) is 25.7 Å². The minimum Gasteiger partial charge on any atom is -0.480 e. The predicted octanol–water partition coefficient (Wildman–Crippen LogP) is 6.51. The first-order chi connectivity index (χ1) is 16.6. The van der Waals surface area contributed by atoms with Crippen molar-refractivity contribution in [2.45, 2.75) is 148 Å². The first kappa shape index (κ1) is 33.2. The van der Waals surface area contributed by atoms with Crippen molar-refractivity contribution in [1.29, 1.82) is 0 Å². The van der Waals surface area contributed by atoms with Gasteiger partial charge in [-0.25, -0.2) is 13.6 Å². The number of hydrogen-bond acceptors (Lipinski definition) is 6. The Morgan fingerprint density at radius 1 is 0.743 bits per heavy atom. The third-order valence-corrected chi connectivity index (χ3v) is 6.09. The van der Waals surface area contributed by atoms with Crippen LogP contribution in [0.5, 0.6) is 0 Å². The highest BCUT2D eigenvalue weighted by molar-refractivity contribution is 5.79. The van der Waals surface area contributed by atoms with Crippen molar-refractivity contribution in [3.05, 3.63) is 0 Å². The lowest BCUT2D eigenvalue weighted by atomic mass is 9.94. The number of unbranched alkanes of at least 4 members (excludes halogenated alkanes) is 13. The Bertz CT molecular complexity index is 590. The van der Waals surface area contributed by atoms with Crippen LogP contribution in [0.2, 0.25) is 0 Å². The average molecular weight is 508 g/mol. The number of nitrogens with two attached hydrogens (primary N) is 1. The first-order valence-electron chi connectivity index (χ1n) is 13.3. The third-order valence-electron chi connectivity index (χ3n) is 6.09. The molecule has 0 aromatic rings. The number of ether oxygens (including phenoxy) is 2. The summed E-state index contributed by atoms with van der Waals surface area (Å²) in [7, 11) is 0. The zero-order valence-electron chi connectivity index (χ0n) is 21.7. The van der Waals surface area contributed by atoms with Crippen molar-refractivity contribution >= 4 is 17.9 Å². The van der Waals surface area contributed by atoms with Crippen LogP contribution in [0, 0.1) is 0 Å². The van der Waals surface area contributed by atoms with Crippen LogP contribution < -0.4 is 5.73 Å². The van der Waals surface area contributed by atoms with Crippen LogP contribution in [0.4, 0.5) is 8.78 Å². The number of carboxylic acid groups (broad SMARTS) is 1. The Hall–Kier alpha value is -1.77. The van der Waals surface area contributed by atoms with Crippen LogP contribution in [0.1, 0.15) is 129 Å². The van der Waals surface area contributed by atoms with E-state index in [4.69, 9.17) is 20.3 Å². The van der Waals surface area contributed by atoms with Crippen LogP contribution in [-0.2, 0) is 23.9 Å². The summed E-state index contributed by atoms with van der Waals surface area (Å²) in [5, 5.41) is 8.84. The Kier molecular flexibility index (Phi) is 19.4. The van der Waals surface area contributed by atoms with Crippen LogP contribution in [0.15, 0.2) is 0 Å². The van der Waals surface area contributed by atoms with Gasteiger partial charge in [0.05, 0.1) is 0 Å². The molecule has 0 radical (unpaired) electrons. The van der Waals surface area contributed by atoms with E-state index in [1.165, 1.54) is 71.1 Å². The molecule has 35 heavy (non-hydrogen) atoms. The van der Waals surface area contributed by atoms with Gasteiger partial charge in [-0.2, -0.15) is 0 Å². The first-order valence-corrected chi connectivity index (χ1v) is 13.3. The summed E-state index contributed by atoms with van der Waals surface area (Å²) >= 11 is 0. The number of carbonyl (C=O) groups is 3. The molecule has 7 nitrogen and oxygen atoms in total. The van der Waals surface area contributed by atoms with Crippen LogP contribution in [-0.4, -0.2) is 41.3 Å². The minimum absolute atomic E-state index is 0.0233. The molecule has 0 aliphatic carbocycles. The smallest absolute Gasteiger partial charge is 0.329 e. The lowest BCUT2D eigenvalue weighted by Gasteiger charge is -2.23. The molecular weight excluding hydrogens is 460 g/mol. The number of rotatable bonds is 23. The van der Waals surface area contributed by atoms with Gasteiger partial charge in [0, 0.05) is 19.8 Å². The second kappa shape index (κ2) is 20.4. The lowest BCUT2D eigenvalue weighted by Crippen LogP contribution is -2.54. The fraction of sp³-hybridized carbons (Fsp3) is 0.885. The Labute approximate surface area is 209 Å². The van der Waals surface area contributed by atoms with E-state index in [9.17, 15) is 23.2 Å². The summed E-state index contributed by atoms with van der Waals surface area (Å²) < 4.78 is 35.7. The molecule has 0 aromatic heterocycles. The largest absolute Gasteiger partial charge is 0.480 e. The summed E-state index contributed by atoms with van der Waals surface area (Å²) in [5.74, 6) is -2.86. The van der Waals surface area contributed by atoms with E-state index >= 15 is 0 Å². The number of esters is 2. The average Bonchev–Trinajstić information content (AvgIpc) is 2.79. The number of alkyl halides is 2. The minimum atomic E-state index is -3.21. The van der Waals surface area contributed by atoms with E-state index in [1.807, 2.05) is 0 Å². The second-order valence-electron chi connectivity index (χ2n) is 9.39. The molecule has 9 heteroatoms. The standard InChI is InChI=1S/C26H47F2NO6/c1-3-4-5-6-7-8-9-10-11-12-13-14-15-18-22(30)34-21(2)35-23(31)19-16-17-20-26(29,24(27)28)25(32)33/h21,24H,3-20,29H2,1-2H3,(H,32,33). The molecule has 0 rings (SSSR count). The Balaban J connectivity index is 3.71. The lowest BCUT2D eigenvalue weighted by molar-refractivity contribution is -0.184. The normalized spacial score (nSPS) is 13.9. The van der Waals surface area contributed by atoms with Crippen molar-refractivity contribution < 1.29 is 37.7 Å². The molecule has 3 N–H and O–H groups in total. The van der Waals surface area contributed by atoms with E-state index in [0.717, 1.165) is 19.3 Å². The molecule has 0 aliphatic heterocycles. The zero-order valence-corrected chi connectivity index (χ0v) is 21.7. The highest BCUT2D eigenvalue weighted by atomic mass is 19.3. The van der Waals surface area contributed by atoms with Crippen molar-refractivity contribution in [2.75, 3.05) is 0 Å². The quantitative estimate of drug-likeness (QED) is 0.0920. The predicted molar refractivity (Wildman–Crippen MR) is 131 cm³/mol.